The molecule has 2 N–H and O–H groups in total. The van der Waals surface area contributed by atoms with Crippen LogP contribution < -0.4 is 5.32 Å². The molecule has 1 heterocycles. The molecule has 0 saturated carbocycles. The number of benzene rings is 3. The Morgan fingerprint density at radius 1 is 0.973 bits per heavy atom. The molecule has 4 rings (SSSR count). The largest absolute Gasteiger partial charge is 0.480 e. The predicted octanol–water partition coefficient (Wildman–Crippen LogP) is 4.22. The van der Waals surface area contributed by atoms with Crippen molar-refractivity contribution in [3.05, 3.63) is 94.0 Å². The normalized spacial score (nSPS) is 12.6. The lowest BCUT2D eigenvalue weighted by atomic mass is 9.87. The summed E-state index contributed by atoms with van der Waals surface area (Å²) in [7, 11) is 0. The number of nitro groups is 1. The zero-order valence-electron chi connectivity index (χ0n) is 19.8. The number of hydrogen-bond acceptors (Lipinski definition) is 7. The van der Waals surface area contributed by atoms with E-state index in [2.05, 4.69) is 10.3 Å². The number of nitrogens with one attached hydrogen (secondary N) is 1. The number of ether oxygens (including phenoxy) is 1. The van der Waals surface area contributed by atoms with Gasteiger partial charge >= 0.3 is 11.9 Å². The van der Waals surface area contributed by atoms with Crippen molar-refractivity contribution in [2.45, 2.75) is 25.3 Å². The molecule has 10 nitrogen and oxygen atoms in total. The standard InChI is InChI=1S/C27H23N3O7/c1-2-37-23(31)15-20(16-11-13-17(14-12-16)30(35)36)25(27(33)34)29-26(32)24-18-7-3-5-9-21(18)28-22-10-6-4-8-19(22)24/h3-14,20,25H,2,15H2,1H3,(H,29,32)(H,33,34)/t20-,25-/m0/s1. The number of para-hydroxylation sites is 2. The van der Waals surface area contributed by atoms with Crippen LogP contribution in [0.25, 0.3) is 21.8 Å². The highest BCUT2D eigenvalue weighted by Gasteiger charge is 2.34. The molecule has 0 fully saturated rings. The number of fused-ring (bicyclic) bond motifs is 2. The molecule has 10 heteroatoms. The second-order valence-corrected chi connectivity index (χ2v) is 8.27. The number of non-ortho nitro benzene ring substituents is 1. The van der Waals surface area contributed by atoms with Crippen LogP contribution in [0.15, 0.2) is 72.8 Å². The van der Waals surface area contributed by atoms with Crippen molar-refractivity contribution in [2.75, 3.05) is 6.61 Å². The molecule has 37 heavy (non-hydrogen) atoms. The van der Waals surface area contributed by atoms with Crippen LogP contribution in [0.4, 0.5) is 5.69 Å². The van der Waals surface area contributed by atoms with Crippen LogP contribution in [0.2, 0.25) is 0 Å². The first-order valence-electron chi connectivity index (χ1n) is 11.5. The highest BCUT2D eigenvalue weighted by atomic mass is 16.6. The van der Waals surface area contributed by atoms with Crippen LogP contribution in [0.5, 0.6) is 0 Å². The van der Waals surface area contributed by atoms with E-state index in [9.17, 15) is 29.6 Å². The van der Waals surface area contributed by atoms with E-state index < -0.39 is 34.7 Å². The Labute approximate surface area is 211 Å². The first-order chi connectivity index (χ1) is 17.8. The summed E-state index contributed by atoms with van der Waals surface area (Å²) >= 11 is 0. The number of amides is 1. The fourth-order valence-electron chi connectivity index (χ4n) is 4.30. The summed E-state index contributed by atoms with van der Waals surface area (Å²) < 4.78 is 5.03. The number of carboxylic acid groups (broad SMARTS) is 1. The topological polar surface area (TPSA) is 149 Å². The molecule has 0 aliphatic carbocycles. The number of nitrogens with zero attached hydrogens (tertiary/aromatic N) is 2. The van der Waals surface area contributed by atoms with Gasteiger partial charge in [-0.1, -0.05) is 48.5 Å². The van der Waals surface area contributed by atoms with E-state index in [4.69, 9.17) is 4.74 Å². The molecule has 0 aliphatic heterocycles. The molecule has 1 amide bonds. The summed E-state index contributed by atoms with van der Waals surface area (Å²) in [6.45, 7) is 1.71. The number of aliphatic carboxylic acids is 1. The van der Waals surface area contributed by atoms with Gasteiger partial charge in [-0.05, 0) is 24.6 Å². The molecule has 188 valence electrons. The molecule has 0 saturated heterocycles. The summed E-state index contributed by atoms with van der Waals surface area (Å²) in [5.41, 5.74) is 1.53. The Bertz CT molecular complexity index is 1450. The van der Waals surface area contributed by atoms with Crippen LogP contribution >= 0.6 is 0 Å². The maximum Gasteiger partial charge on any atom is 0.326 e. The van der Waals surface area contributed by atoms with E-state index in [1.54, 1.807) is 55.5 Å². The Hall–Kier alpha value is -4.86. The van der Waals surface area contributed by atoms with Gasteiger partial charge in [-0.2, -0.15) is 0 Å². The minimum Gasteiger partial charge on any atom is -0.480 e. The van der Waals surface area contributed by atoms with Gasteiger partial charge in [-0.3, -0.25) is 19.7 Å². The summed E-state index contributed by atoms with van der Waals surface area (Å²) in [6, 6.07) is 17.7. The number of carbonyl (C=O) groups excluding carboxylic acids is 2. The van der Waals surface area contributed by atoms with E-state index >= 15 is 0 Å². The molecule has 3 aromatic carbocycles. The minimum atomic E-state index is -1.54. The fraction of sp³-hybridized carbons (Fsp3) is 0.185. The van der Waals surface area contributed by atoms with Gasteiger partial charge in [0.1, 0.15) is 6.04 Å². The number of carbonyl (C=O) groups is 3. The lowest BCUT2D eigenvalue weighted by Crippen LogP contribution is -2.45. The molecule has 0 unspecified atom stereocenters. The summed E-state index contributed by atoms with van der Waals surface area (Å²) in [5, 5.41) is 24.9. The number of aromatic nitrogens is 1. The molecule has 0 radical (unpaired) electrons. The van der Waals surface area contributed by atoms with E-state index in [-0.39, 0.29) is 24.3 Å². The van der Waals surface area contributed by atoms with E-state index in [0.29, 0.717) is 27.4 Å². The number of nitro benzene ring substituents is 1. The third kappa shape index (κ3) is 5.37. The van der Waals surface area contributed by atoms with Crippen molar-refractivity contribution in [3.8, 4) is 0 Å². The maximum absolute atomic E-state index is 13.7. The molecular formula is C27H23N3O7. The average molecular weight is 501 g/mol. The molecule has 2 atom stereocenters. The van der Waals surface area contributed by atoms with Gasteiger partial charge in [0.2, 0.25) is 0 Å². The number of pyridine rings is 1. The first-order valence-corrected chi connectivity index (χ1v) is 11.5. The summed E-state index contributed by atoms with van der Waals surface area (Å²) in [6.07, 6.45) is -0.360. The molecular weight excluding hydrogens is 478 g/mol. The fourth-order valence-corrected chi connectivity index (χ4v) is 4.30. The van der Waals surface area contributed by atoms with Crippen molar-refractivity contribution in [1.82, 2.24) is 10.3 Å². The first kappa shape index (κ1) is 25.2. The summed E-state index contributed by atoms with van der Waals surface area (Å²) in [5.74, 6) is -3.74. The minimum absolute atomic E-state index is 0.0882. The molecule has 0 spiro atoms. The zero-order valence-corrected chi connectivity index (χ0v) is 19.8. The maximum atomic E-state index is 13.7. The Kier molecular flexibility index (Phi) is 7.38. The third-order valence-electron chi connectivity index (χ3n) is 5.99. The highest BCUT2D eigenvalue weighted by Crippen LogP contribution is 2.29. The number of esters is 1. The van der Waals surface area contributed by atoms with Gasteiger partial charge in [0.25, 0.3) is 11.6 Å². The average Bonchev–Trinajstić information content (AvgIpc) is 2.89. The number of hydrogen-bond donors (Lipinski definition) is 2. The van der Waals surface area contributed by atoms with Crippen molar-refractivity contribution in [2.24, 2.45) is 0 Å². The van der Waals surface area contributed by atoms with Gasteiger partial charge in [0.05, 0.1) is 34.5 Å². The molecule has 1 aromatic heterocycles. The van der Waals surface area contributed by atoms with Crippen molar-refractivity contribution < 1.29 is 29.2 Å². The Morgan fingerprint density at radius 2 is 1.54 bits per heavy atom. The monoisotopic (exact) mass is 501 g/mol. The molecule has 0 bridgehead atoms. The van der Waals surface area contributed by atoms with Crippen LogP contribution in [0.1, 0.15) is 35.2 Å². The van der Waals surface area contributed by atoms with Crippen LogP contribution in [0.3, 0.4) is 0 Å². The second-order valence-electron chi connectivity index (χ2n) is 8.27. The Morgan fingerprint density at radius 3 is 2.05 bits per heavy atom. The summed E-state index contributed by atoms with van der Waals surface area (Å²) in [4.78, 5) is 53.6. The van der Waals surface area contributed by atoms with Gasteiger partial charge in [-0.15, -0.1) is 0 Å². The van der Waals surface area contributed by atoms with Gasteiger partial charge in [0, 0.05) is 28.8 Å². The smallest absolute Gasteiger partial charge is 0.326 e. The predicted molar refractivity (Wildman–Crippen MR) is 135 cm³/mol. The lowest BCUT2D eigenvalue weighted by Gasteiger charge is -2.25. The van der Waals surface area contributed by atoms with Crippen molar-refractivity contribution in [1.29, 1.82) is 0 Å². The van der Waals surface area contributed by atoms with E-state index in [0.717, 1.165) is 0 Å². The van der Waals surface area contributed by atoms with Crippen LogP contribution in [0, 0.1) is 10.1 Å². The van der Waals surface area contributed by atoms with Crippen LogP contribution in [-0.4, -0.2) is 45.5 Å². The van der Waals surface area contributed by atoms with E-state index in [1.165, 1.54) is 24.3 Å². The molecule has 4 aromatic rings. The quantitative estimate of drug-likeness (QED) is 0.150. The van der Waals surface area contributed by atoms with Crippen molar-refractivity contribution >= 4 is 45.3 Å². The Balaban J connectivity index is 1.78. The van der Waals surface area contributed by atoms with Crippen LogP contribution in [-0.2, 0) is 14.3 Å². The number of rotatable bonds is 9. The molecule has 0 aliphatic rings. The highest BCUT2D eigenvalue weighted by molar-refractivity contribution is 6.16. The number of carboxylic acids is 1. The van der Waals surface area contributed by atoms with Gasteiger partial charge in [-0.25, -0.2) is 9.78 Å². The van der Waals surface area contributed by atoms with Gasteiger partial charge < -0.3 is 15.2 Å². The van der Waals surface area contributed by atoms with Crippen molar-refractivity contribution in [3.63, 3.8) is 0 Å². The lowest BCUT2D eigenvalue weighted by molar-refractivity contribution is -0.384. The third-order valence-corrected chi connectivity index (χ3v) is 5.99. The second kappa shape index (κ2) is 10.8. The van der Waals surface area contributed by atoms with Gasteiger partial charge in [0.15, 0.2) is 0 Å². The zero-order chi connectivity index (χ0) is 26.5. The SMILES string of the molecule is CCOC(=O)C[C@@H](c1ccc([N+](=O)[O-])cc1)[C@H](NC(=O)c1c2ccccc2nc2ccccc12)C(=O)O. The van der Waals surface area contributed by atoms with E-state index in [1.807, 2.05) is 0 Å².